The van der Waals surface area contributed by atoms with Gasteiger partial charge in [0, 0.05) is 0 Å². The van der Waals surface area contributed by atoms with Gasteiger partial charge in [0.2, 0.25) is 0 Å². The number of hydrogen-bond acceptors (Lipinski definition) is 2. The van der Waals surface area contributed by atoms with Crippen LogP contribution in [0.25, 0.3) is 0 Å². The molecule has 0 atom stereocenters. The molecular weight excluding hydrogens is 120 g/mol. The van der Waals surface area contributed by atoms with Crippen LogP contribution < -0.4 is 5.73 Å². The first-order chi connectivity index (χ1) is 3.63. The fourth-order valence-electron chi connectivity index (χ4n) is 0.145. The Morgan fingerprint density at radius 3 is 2.38 bits per heavy atom. The number of nitrogens with two attached hydrogens (primary N) is 1. The minimum Gasteiger partial charge on any atom is -0.444 e. The van der Waals surface area contributed by atoms with E-state index in [2.05, 4.69) is 10.5 Å². The molecule has 5 heteroatoms. The zero-order valence-corrected chi connectivity index (χ0v) is 3.93. The molecule has 0 heterocycles. The summed E-state index contributed by atoms with van der Waals surface area (Å²) in [7, 11) is 0. The summed E-state index contributed by atoms with van der Waals surface area (Å²) in [5.41, 5.74) is 4.35. The minimum atomic E-state index is -2.64. The van der Waals surface area contributed by atoms with Crippen LogP contribution in [0.5, 0.6) is 0 Å². The van der Waals surface area contributed by atoms with Gasteiger partial charge in [-0.3, -0.25) is 0 Å². The minimum absolute atomic E-state index is 0.921. The molecule has 0 aromatic carbocycles. The average molecular weight is 125 g/mol. The van der Waals surface area contributed by atoms with Gasteiger partial charge in [0.25, 0.3) is 6.43 Å². The number of amides is 1. The van der Waals surface area contributed by atoms with Crippen molar-refractivity contribution in [2.45, 2.75) is 6.43 Å². The molecule has 0 saturated carbocycles. The Morgan fingerprint density at radius 1 is 1.75 bits per heavy atom. The SMILES string of the molecule is NC(=O)OCC(F)F. The lowest BCUT2D eigenvalue weighted by Gasteiger charge is -1.96. The second-order valence-corrected chi connectivity index (χ2v) is 1.02. The van der Waals surface area contributed by atoms with E-state index in [0.29, 0.717) is 0 Å². The number of alkyl halides is 2. The number of rotatable bonds is 2. The van der Waals surface area contributed by atoms with E-state index in [4.69, 9.17) is 0 Å². The standard InChI is InChI=1S/C3H5F2NO2/c4-2(5)1-8-3(6)7/h2H,1H2,(H2,6,7). The third-order valence-electron chi connectivity index (χ3n) is 0.352. The van der Waals surface area contributed by atoms with Crippen LogP contribution in [0.3, 0.4) is 0 Å². The summed E-state index contributed by atoms with van der Waals surface area (Å²) in [6, 6.07) is 0. The summed E-state index contributed by atoms with van der Waals surface area (Å²) >= 11 is 0. The molecule has 0 aromatic heterocycles. The number of ether oxygens (including phenoxy) is 1. The summed E-state index contributed by atoms with van der Waals surface area (Å²) in [6.07, 6.45) is -3.81. The Kier molecular flexibility index (Phi) is 2.83. The van der Waals surface area contributed by atoms with Crippen molar-refractivity contribution in [1.29, 1.82) is 0 Å². The fraction of sp³-hybridized carbons (Fsp3) is 0.667. The van der Waals surface area contributed by atoms with Crippen molar-refractivity contribution >= 4 is 6.09 Å². The normalized spacial score (nSPS) is 9.38. The predicted molar refractivity (Wildman–Crippen MR) is 21.5 cm³/mol. The number of primary amides is 1. The Morgan fingerprint density at radius 2 is 2.25 bits per heavy atom. The van der Waals surface area contributed by atoms with Gasteiger partial charge in [-0.25, -0.2) is 13.6 Å². The van der Waals surface area contributed by atoms with Gasteiger partial charge in [-0.2, -0.15) is 0 Å². The summed E-state index contributed by atoms with van der Waals surface area (Å²) in [4.78, 5) is 9.57. The molecular formula is C3H5F2NO2. The molecule has 0 unspecified atom stereocenters. The highest BCUT2D eigenvalue weighted by Crippen LogP contribution is 1.90. The Labute approximate surface area is 44.4 Å². The molecule has 0 spiro atoms. The summed E-state index contributed by atoms with van der Waals surface area (Å²) in [5.74, 6) is 0. The predicted octanol–water partition coefficient (Wildman–Crippen LogP) is 0.347. The van der Waals surface area contributed by atoms with Crippen molar-refractivity contribution in [3.05, 3.63) is 0 Å². The smallest absolute Gasteiger partial charge is 0.404 e. The van der Waals surface area contributed by atoms with Crippen molar-refractivity contribution in [1.82, 2.24) is 0 Å². The van der Waals surface area contributed by atoms with Gasteiger partial charge in [-0.05, 0) is 0 Å². The van der Waals surface area contributed by atoms with Crippen molar-refractivity contribution in [3.8, 4) is 0 Å². The monoisotopic (exact) mass is 125 g/mol. The highest BCUT2D eigenvalue weighted by atomic mass is 19.3. The van der Waals surface area contributed by atoms with Crippen LogP contribution in [0.4, 0.5) is 13.6 Å². The van der Waals surface area contributed by atoms with Crippen molar-refractivity contribution in [3.63, 3.8) is 0 Å². The molecule has 0 aromatic rings. The van der Waals surface area contributed by atoms with E-state index in [0.717, 1.165) is 0 Å². The number of carbonyl (C=O) groups is 1. The van der Waals surface area contributed by atoms with E-state index >= 15 is 0 Å². The van der Waals surface area contributed by atoms with Crippen molar-refractivity contribution < 1.29 is 18.3 Å². The lowest BCUT2D eigenvalue weighted by atomic mass is 10.8. The second-order valence-electron chi connectivity index (χ2n) is 1.02. The maximum atomic E-state index is 11.1. The van der Waals surface area contributed by atoms with Gasteiger partial charge in [-0.1, -0.05) is 0 Å². The fourth-order valence-corrected chi connectivity index (χ4v) is 0.145. The quantitative estimate of drug-likeness (QED) is 0.578. The van der Waals surface area contributed by atoms with E-state index in [1.54, 1.807) is 0 Å². The molecule has 2 N–H and O–H groups in total. The first-order valence-corrected chi connectivity index (χ1v) is 1.83. The van der Waals surface area contributed by atoms with E-state index in [-0.39, 0.29) is 0 Å². The maximum Gasteiger partial charge on any atom is 0.404 e. The van der Waals surface area contributed by atoms with Crippen LogP contribution in [0.15, 0.2) is 0 Å². The van der Waals surface area contributed by atoms with E-state index < -0.39 is 19.1 Å². The lowest BCUT2D eigenvalue weighted by molar-refractivity contribution is 0.0528. The molecule has 0 fully saturated rings. The molecule has 0 aliphatic rings. The van der Waals surface area contributed by atoms with Crippen LogP contribution in [-0.4, -0.2) is 19.1 Å². The van der Waals surface area contributed by atoms with Gasteiger partial charge in [0.05, 0.1) is 0 Å². The Hall–Kier alpha value is -0.870. The molecule has 48 valence electrons. The highest BCUT2D eigenvalue weighted by molar-refractivity contribution is 5.64. The molecule has 3 nitrogen and oxygen atoms in total. The van der Waals surface area contributed by atoms with Gasteiger partial charge < -0.3 is 10.5 Å². The summed E-state index contributed by atoms with van der Waals surface area (Å²) in [5, 5.41) is 0. The van der Waals surface area contributed by atoms with Crippen LogP contribution in [-0.2, 0) is 4.74 Å². The second kappa shape index (κ2) is 3.17. The topological polar surface area (TPSA) is 52.3 Å². The van der Waals surface area contributed by atoms with Crippen LogP contribution >= 0.6 is 0 Å². The third kappa shape index (κ3) is 5.13. The van der Waals surface area contributed by atoms with Crippen LogP contribution in [0.1, 0.15) is 0 Å². The van der Waals surface area contributed by atoms with E-state index in [1.807, 2.05) is 0 Å². The number of carbonyl (C=O) groups excluding carboxylic acids is 1. The first-order valence-electron chi connectivity index (χ1n) is 1.83. The van der Waals surface area contributed by atoms with Gasteiger partial charge in [0.1, 0.15) is 0 Å². The van der Waals surface area contributed by atoms with Crippen LogP contribution in [0.2, 0.25) is 0 Å². The Balaban J connectivity index is 3.05. The highest BCUT2D eigenvalue weighted by Gasteiger charge is 2.03. The third-order valence-corrected chi connectivity index (χ3v) is 0.352. The summed E-state index contributed by atoms with van der Waals surface area (Å²) in [6.45, 7) is -0.921. The largest absolute Gasteiger partial charge is 0.444 e. The van der Waals surface area contributed by atoms with E-state index in [9.17, 15) is 13.6 Å². The van der Waals surface area contributed by atoms with Gasteiger partial charge in [0.15, 0.2) is 6.61 Å². The molecule has 8 heavy (non-hydrogen) atoms. The summed E-state index contributed by atoms with van der Waals surface area (Å²) < 4.78 is 25.8. The zero-order chi connectivity index (χ0) is 6.57. The van der Waals surface area contributed by atoms with Crippen LogP contribution in [0, 0.1) is 0 Å². The number of hydrogen-bond donors (Lipinski definition) is 1. The molecule has 0 bridgehead atoms. The van der Waals surface area contributed by atoms with Gasteiger partial charge >= 0.3 is 6.09 Å². The molecule has 0 aliphatic carbocycles. The maximum absolute atomic E-state index is 11.1. The van der Waals surface area contributed by atoms with Crippen molar-refractivity contribution in [2.24, 2.45) is 5.73 Å². The first kappa shape index (κ1) is 7.13. The molecule has 0 rings (SSSR count). The molecule has 0 saturated heterocycles. The Bertz CT molecular complexity index is 85.4. The number of halogens is 2. The average Bonchev–Trinajstić information content (AvgIpc) is 1.61. The molecule has 1 amide bonds. The molecule has 0 radical (unpaired) electrons. The van der Waals surface area contributed by atoms with Crippen molar-refractivity contribution in [2.75, 3.05) is 6.61 Å². The lowest BCUT2D eigenvalue weighted by Crippen LogP contribution is -2.17. The van der Waals surface area contributed by atoms with Gasteiger partial charge in [-0.15, -0.1) is 0 Å². The van der Waals surface area contributed by atoms with E-state index in [1.165, 1.54) is 0 Å². The zero-order valence-electron chi connectivity index (χ0n) is 3.93. The molecule has 0 aliphatic heterocycles.